The number of carbonyl (C=O) groups excluding carboxylic acids is 1. The smallest absolute Gasteiger partial charge is 0.311 e. The molecule has 2 aromatic rings. The summed E-state index contributed by atoms with van der Waals surface area (Å²) in [6.45, 7) is 0.227. The molecular formula is C17H14F4N2O3S. The van der Waals surface area contributed by atoms with Crippen molar-refractivity contribution in [3.8, 4) is 0 Å². The maximum Gasteiger partial charge on any atom is 0.416 e. The quantitative estimate of drug-likeness (QED) is 0.800. The van der Waals surface area contributed by atoms with Crippen molar-refractivity contribution < 1.29 is 30.8 Å². The van der Waals surface area contributed by atoms with E-state index in [1.165, 1.54) is 29.2 Å². The fourth-order valence-corrected chi connectivity index (χ4v) is 3.97. The monoisotopic (exact) mass is 402 g/mol. The van der Waals surface area contributed by atoms with Crippen molar-refractivity contribution >= 4 is 21.6 Å². The first-order valence-electron chi connectivity index (χ1n) is 7.84. The first kappa shape index (κ1) is 19.3. The number of anilines is 1. The highest BCUT2D eigenvalue weighted by atomic mass is 32.2. The Hall–Kier alpha value is -2.46. The van der Waals surface area contributed by atoms with Gasteiger partial charge < -0.3 is 4.90 Å². The fourth-order valence-electron chi connectivity index (χ4n) is 2.75. The van der Waals surface area contributed by atoms with Gasteiger partial charge in [0, 0.05) is 12.2 Å². The Morgan fingerprint density at radius 2 is 1.59 bits per heavy atom. The molecule has 1 heterocycles. The molecule has 0 aromatic heterocycles. The van der Waals surface area contributed by atoms with E-state index in [-0.39, 0.29) is 17.9 Å². The lowest BCUT2D eigenvalue weighted by molar-refractivity contribution is -0.137. The van der Waals surface area contributed by atoms with Gasteiger partial charge in [-0.15, -0.1) is 0 Å². The first-order valence-corrected chi connectivity index (χ1v) is 9.33. The molecule has 0 unspecified atom stereocenters. The summed E-state index contributed by atoms with van der Waals surface area (Å²) in [4.78, 5) is 13.4. The Balaban J connectivity index is 1.74. The molecule has 1 N–H and O–H groups in total. The van der Waals surface area contributed by atoms with Crippen molar-refractivity contribution in [2.45, 2.75) is 23.5 Å². The van der Waals surface area contributed by atoms with E-state index in [1.54, 1.807) is 0 Å². The molecule has 0 radical (unpaired) electrons. The Bertz CT molecular complexity index is 942. The molecule has 2 aromatic carbocycles. The van der Waals surface area contributed by atoms with E-state index in [1.807, 2.05) is 0 Å². The van der Waals surface area contributed by atoms with E-state index >= 15 is 0 Å². The largest absolute Gasteiger partial charge is 0.416 e. The summed E-state index contributed by atoms with van der Waals surface area (Å²) in [5.74, 6) is -0.984. The highest BCUT2D eigenvalue weighted by Crippen LogP contribution is 2.30. The van der Waals surface area contributed by atoms with Crippen LogP contribution in [0.3, 0.4) is 0 Å². The minimum atomic E-state index is -4.58. The molecule has 0 aliphatic carbocycles. The lowest BCUT2D eigenvalue weighted by Gasteiger charge is -2.17. The Labute approximate surface area is 152 Å². The second-order valence-electron chi connectivity index (χ2n) is 5.95. The lowest BCUT2D eigenvalue weighted by Crippen LogP contribution is -2.41. The number of amides is 1. The number of alkyl halides is 3. The number of nitrogens with one attached hydrogen (secondary N) is 1. The number of halogens is 4. The van der Waals surface area contributed by atoms with Crippen molar-refractivity contribution in [3.63, 3.8) is 0 Å². The van der Waals surface area contributed by atoms with Crippen LogP contribution >= 0.6 is 0 Å². The molecule has 0 spiro atoms. The molecule has 10 heteroatoms. The van der Waals surface area contributed by atoms with E-state index in [0.717, 1.165) is 12.1 Å². The van der Waals surface area contributed by atoms with Crippen molar-refractivity contribution in [1.29, 1.82) is 0 Å². The summed E-state index contributed by atoms with van der Waals surface area (Å²) < 4.78 is 77.7. The molecule has 3 rings (SSSR count). The maximum absolute atomic E-state index is 13.0. The zero-order valence-electron chi connectivity index (χ0n) is 13.7. The van der Waals surface area contributed by atoms with Gasteiger partial charge >= 0.3 is 6.18 Å². The Morgan fingerprint density at radius 3 is 2.15 bits per heavy atom. The summed E-state index contributed by atoms with van der Waals surface area (Å²) in [5, 5.41) is 0. The van der Waals surface area contributed by atoms with Gasteiger partial charge in [0.15, 0.2) is 0 Å². The van der Waals surface area contributed by atoms with Gasteiger partial charge in [0.1, 0.15) is 11.9 Å². The van der Waals surface area contributed by atoms with Crippen LogP contribution in [-0.4, -0.2) is 26.9 Å². The van der Waals surface area contributed by atoms with Gasteiger partial charge in [-0.1, -0.05) is 0 Å². The molecule has 1 fully saturated rings. The summed E-state index contributed by atoms with van der Waals surface area (Å²) in [7, 11) is -4.18. The van der Waals surface area contributed by atoms with Crippen LogP contribution in [0, 0.1) is 5.82 Å². The summed E-state index contributed by atoms with van der Waals surface area (Å²) in [5.41, 5.74) is -0.543. The molecule has 1 aliphatic rings. The van der Waals surface area contributed by atoms with Gasteiger partial charge in [0.2, 0.25) is 15.9 Å². The van der Waals surface area contributed by atoms with E-state index < -0.39 is 39.5 Å². The van der Waals surface area contributed by atoms with Crippen LogP contribution in [0.2, 0.25) is 0 Å². The fraction of sp³-hybridized carbons (Fsp3) is 0.235. The van der Waals surface area contributed by atoms with Crippen LogP contribution < -0.4 is 9.62 Å². The minimum Gasteiger partial charge on any atom is -0.311 e. The van der Waals surface area contributed by atoms with Crippen molar-refractivity contribution in [2.75, 3.05) is 11.4 Å². The summed E-state index contributed by atoms with van der Waals surface area (Å²) in [6, 6.07) is 7.11. The number of rotatable bonds is 4. The molecule has 0 saturated carbocycles. The number of hydrogen-bond donors (Lipinski definition) is 1. The van der Waals surface area contributed by atoms with Crippen LogP contribution in [0.1, 0.15) is 12.0 Å². The van der Waals surface area contributed by atoms with Crippen LogP contribution in [0.5, 0.6) is 0 Å². The van der Waals surface area contributed by atoms with Gasteiger partial charge in [-0.2, -0.15) is 17.9 Å². The average molecular weight is 402 g/mol. The van der Waals surface area contributed by atoms with Crippen LogP contribution in [0.25, 0.3) is 0 Å². The van der Waals surface area contributed by atoms with Crippen LogP contribution in [0.4, 0.5) is 23.2 Å². The number of benzene rings is 2. The Kier molecular flexibility index (Phi) is 4.96. The summed E-state index contributed by atoms with van der Waals surface area (Å²) >= 11 is 0. The van der Waals surface area contributed by atoms with Crippen LogP contribution in [0.15, 0.2) is 53.4 Å². The number of nitrogens with zero attached hydrogens (tertiary/aromatic N) is 1. The summed E-state index contributed by atoms with van der Waals surface area (Å²) in [6.07, 6.45) is -4.40. The highest BCUT2D eigenvalue weighted by Gasteiger charge is 2.36. The molecule has 1 saturated heterocycles. The van der Waals surface area contributed by atoms with E-state index in [4.69, 9.17) is 0 Å². The second-order valence-corrected chi connectivity index (χ2v) is 7.66. The maximum atomic E-state index is 13.0. The third-order valence-corrected chi connectivity index (χ3v) is 5.62. The highest BCUT2D eigenvalue weighted by molar-refractivity contribution is 7.89. The SMILES string of the molecule is O=C1[C@H](NS(=O)(=O)c2ccc(C(F)(F)F)cc2)CCN1c1ccc(F)cc1. The number of hydrogen-bond acceptors (Lipinski definition) is 3. The van der Waals surface area contributed by atoms with Crippen molar-refractivity contribution in [1.82, 2.24) is 4.72 Å². The van der Waals surface area contributed by atoms with E-state index in [2.05, 4.69) is 4.72 Å². The molecule has 1 aliphatic heterocycles. The van der Waals surface area contributed by atoms with Crippen molar-refractivity contribution in [2.24, 2.45) is 0 Å². The van der Waals surface area contributed by atoms with E-state index in [0.29, 0.717) is 17.8 Å². The van der Waals surface area contributed by atoms with Gasteiger partial charge in [0.05, 0.1) is 10.5 Å². The topological polar surface area (TPSA) is 66.5 Å². The first-order chi connectivity index (χ1) is 12.6. The zero-order valence-corrected chi connectivity index (χ0v) is 14.5. The predicted octanol–water partition coefficient (Wildman–Crippen LogP) is 2.93. The van der Waals surface area contributed by atoms with Gasteiger partial charge in [-0.25, -0.2) is 12.8 Å². The molecule has 1 atom stereocenters. The third kappa shape index (κ3) is 4.11. The van der Waals surface area contributed by atoms with Gasteiger partial charge in [-0.05, 0) is 55.0 Å². The molecule has 5 nitrogen and oxygen atoms in total. The standard InChI is InChI=1S/C17H14F4N2O3S/c18-12-3-5-13(6-4-12)23-10-9-15(16(23)24)22-27(25,26)14-7-1-11(2-8-14)17(19,20)21/h1-8,15,22H,9-10H2/t15-/m1/s1. The van der Waals surface area contributed by atoms with Gasteiger partial charge in [-0.3, -0.25) is 4.79 Å². The second kappa shape index (κ2) is 6.93. The number of carbonyl (C=O) groups is 1. The molecule has 1 amide bonds. The van der Waals surface area contributed by atoms with Crippen LogP contribution in [-0.2, 0) is 21.0 Å². The molecule has 27 heavy (non-hydrogen) atoms. The van der Waals surface area contributed by atoms with Crippen molar-refractivity contribution in [3.05, 3.63) is 59.9 Å². The lowest BCUT2D eigenvalue weighted by atomic mass is 10.2. The van der Waals surface area contributed by atoms with Gasteiger partial charge in [0.25, 0.3) is 0 Å². The Morgan fingerprint density at radius 1 is 1.00 bits per heavy atom. The minimum absolute atomic E-state index is 0.177. The predicted molar refractivity (Wildman–Crippen MR) is 88.9 cm³/mol. The zero-order chi connectivity index (χ0) is 19.8. The van der Waals surface area contributed by atoms with E-state index in [9.17, 15) is 30.8 Å². The average Bonchev–Trinajstić information content (AvgIpc) is 2.95. The normalized spacial score (nSPS) is 18.1. The molecule has 0 bridgehead atoms. The molecular weight excluding hydrogens is 388 g/mol. The number of sulfonamides is 1. The third-order valence-electron chi connectivity index (χ3n) is 4.13. The molecule has 144 valence electrons.